The molecular weight excluding hydrogens is 148 g/mol. The van der Waals surface area contributed by atoms with Crippen LogP contribution in [0.1, 0.15) is 34.1 Å². The molecule has 0 aromatic carbocycles. The number of rotatable bonds is 1. The van der Waals surface area contributed by atoms with Gasteiger partial charge in [-0.05, 0) is 27.2 Å². The normalized spacial score (nSPS) is 13.0. The maximum atomic E-state index is 4.05. The number of nitrogens with zero attached hydrogens (tertiary/aromatic N) is 1. The standard InChI is InChI=1S/C10H16N2/c1-5-8(4)9-6-11-12-10(9)7(2)3/h6,12H,5H2,1-4H3. The third kappa shape index (κ3) is 1.58. The lowest BCUT2D eigenvalue weighted by Gasteiger charge is -1.91. The van der Waals surface area contributed by atoms with E-state index in [4.69, 9.17) is 0 Å². The first-order chi connectivity index (χ1) is 5.66. The highest BCUT2D eigenvalue weighted by Gasteiger charge is 1.93. The van der Waals surface area contributed by atoms with Crippen molar-refractivity contribution in [3.63, 3.8) is 0 Å². The van der Waals surface area contributed by atoms with Gasteiger partial charge in [-0.3, -0.25) is 5.10 Å². The van der Waals surface area contributed by atoms with Gasteiger partial charge in [0, 0.05) is 5.22 Å². The second kappa shape index (κ2) is 3.57. The average Bonchev–Trinajstić information content (AvgIpc) is 2.50. The molecule has 2 nitrogen and oxygen atoms in total. The fraction of sp³-hybridized carbons (Fsp3) is 0.500. The van der Waals surface area contributed by atoms with Gasteiger partial charge in [-0.2, -0.15) is 5.10 Å². The molecule has 12 heavy (non-hydrogen) atoms. The number of hydrogen-bond acceptors (Lipinski definition) is 1. The Kier molecular flexibility index (Phi) is 2.69. The van der Waals surface area contributed by atoms with Gasteiger partial charge in [0.05, 0.1) is 11.5 Å². The Labute approximate surface area is 73.0 Å². The van der Waals surface area contributed by atoms with E-state index in [0.717, 1.165) is 6.42 Å². The van der Waals surface area contributed by atoms with Crippen LogP contribution < -0.4 is 10.6 Å². The van der Waals surface area contributed by atoms with Crippen molar-refractivity contribution < 1.29 is 0 Å². The third-order valence-corrected chi connectivity index (χ3v) is 2.13. The van der Waals surface area contributed by atoms with Crippen LogP contribution in [0.15, 0.2) is 6.20 Å². The van der Waals surface area contributed by atoms with Crippen molar-refractivity contribution in [3.05, 3.63) is 16.8 Å². The second-order valence-electron chi connectivity index (χ2n) is 3.29. The van der Waals surface area contributed by atoms with Crippen LogP contribution in [0.25, 0.3) is 11.1 Å². The molecule has 2 heteroatoms. The fourth-order valence-electron chi connectivity index (χ4n) is 1.18. The summed E-state index contributed by atoms with van der Waals surface area (Å²) in [5.41, 5.74) is 2.68. The molecule has 0 aliphatic carbocycles. The average molecular weight is 164 g/mol. The highest BCUT2D eigenvalue weighted by atomic mass is 15.1. The highest BCUT2D eigenvalue weighted by molar-refractivity contribution is 5.44. The lowest BCUT2D eigenvalue weighted by Crippen LogP contribution is -2.25. The van der Waals surface area contributed by atoms with Gasteiger partial charge in [0.1, 0.15) is 0 Å². The van der Waals surface area contributed by atoms with Crippen LogP contribution in [0.3, 0.4) is 0 Å². The van der Waals surface area contributed by atoms with Gasteiger partial charge in [0.2, 0.25) is 0 Å². The molecule has 0 spiro atoms. The fourth-order valence-corrected chi connectivity index (χ4v) is 1.18. The van der Waals surface area contributed by atoms with Crippen LogP contribution in [0.4, 0.5) is 0 Å². The second-order valence-corrected chi connectivity index (χ2v) is 3.29. The first kappa shape index (κ1) is 9.04. The number of nitrogens with one attached hydrogen (secondary N) is 1. The van der Waals surface area contributed by atoms with Crippen molar-refractivity contribution >= 4 is 11.1 Å². The van der Waals surface area contributed by atoms with Gasteiger partial charge in [-0.25, -0.2) is 0 Å². The molecule has 66 valence electrons. The van der Waals surface area contributed by atoms with E-state index < -0.39 is 0 Å². The molecule has 0 aliphatic heterocycles. The molecule has 0 radical (unpaired) electrons. The van der Waals surface area contributed by atoms with Gasteiger partial charge in [-0.1, -0.05) is 18.1 Å². The van der Waals surface area contributed by atoms with Crippen LogP contribution in [-0.2, 0) is 0 Å². The predicted octanol–water partition coefficient (Wildman–Crippen LogP) is 1.18. The molecular formula is C10H16N2. The SMILES string of the molecule is CCC(C)=c1cn[nH]c1=C(C)C. The number of H-pyrrole nitrogens is 1. The Hall–Kier alpha value is -1.05. The van der Waals surface area contributed by atoms with Crippen molar-refractivity contribution in [2.45, 2.75) is 34.1 Å². The molecule has 0 unspecified atom stereocenters. The summed E-state index contributed by atoms with van der Waals surface area (Å²) in [7, 11) is 0. The maximum absolute atomic E-state index is 4.05. The Balaban J connectivity index is 3.57. The van der Waals surface area contributed by atoms with Gasteiger partial charge >= 0.3 is 0 Å². The third-order valence-electron chi connectivity index (χ3n) is 2.13. The zero-order chi connectivity index (χ0) is 9.14. The lowest BCUT2D eigenvalue weighted by atomic mass is 10.1. The Bertz CT molecular complexity index is 367. The molecule has 0 saturated carbocycles. The molecule has 0 bridgehead atoms. The molecule has 0 amide bonds. The van der Waals surface area contributed by atoms with Crippen LogP contribution in [0.5, 0.6) is 0 Å². The van der Waals surface area contributed by atoms with Crippen LogP contribution in [-0.4, -0.2) is 10.2 Å². The van der Waals surface area contributed by atoms with Crippen LogP contribution in [0.2, 0.25) is 0 Å². The van der Waals surface area contributed by atoms with E-state index in [1.54, 1.807) is 0 Å². The van der Waals surface area contributed by atoms with Crippen molar-refractivity contribution in [1.82, 2.24) is 10.2 Å². The predicted molar refractivity (Wildman–Crippen MR) is 52.0 cm³/mol. The van der Waals surface area contributed by atoms with Crippen LogP contribution >= 0.6 is 0 Å². The molecule has 0 aliphatic rings. The monoisotopic (exact) mass is 164 g/mol. The zero-order valence-corrected chi connectivity index (χ0v) is 8.23. The summed E-state index contributed by atoms with van der Waals surface area (Å²) in [6.45, 7) is 8.51. The van der Waals surface area contributed by atoms with E-state index in [1.807, 2.05) is 6.20 Å². The first-order valence-corrected chi connectivity index (χ1v) is 4.33. The van der Waals surface area contributed by atoms with E-state index in [0.29, 0.717) is 0 Å². The van der Waals surface area contributed by atoms with Gasteiger partial charge in [-0.15, -0.1) is 0 Å². The highest BCUT2D eigenvalue weighted by Crippen LogP contribution is 1.93. The summed E-state index contributed by atoms with van der Waals surface area (Å²) in [5, 5.41) is 9.50. The maximum Gasteiger partial charge on any atom is 0.0636 e. The summed E-state index contributed by atoms with van der Waals surface area (Å²) in [6, 6.07) is 0. The Morgan fingerprint density at radius 1 is 1.42 bits per heavy atom. The van der Waals surface area contributed by atoms with E-state index in [9.17, 15) is 0 Å². The largest absolute Gasteiger partial charge is 0.278 e. The van der Waals surface area contributed by atoms with Crippen molar-refractivity contribution in [2.24, 2.45) is 0 Å². The smallest absolute Gasteiger partial charge is 0.0636 e. The van der Waals surface area contributed by atoms with Crippen LogP contribution in [0, 0.1) is 0 Å². The Morgan fingerprint density at radius 3 is 2.58 bits per heavy atom. The van der Waals surface area contributed by atoms with E-state index in [-0.39, 0.29) is 0 Å². The van der Waals surface area contributed by atoms with Crippen molar-refractivity contribution in [2.75, 3.05) is 0 Å². The molecule has 0 atom stereocenters. The summed E-state index contributed by atoms with van der Waals surface area (Å²) in [5.74, 6) is 0. The minimum atomic E-state index is 1.08. The van der Waals surface area contributed by atoms with Gasteiger partial charge in [0.25, 0.3) is 0 Å². The van der Waals surface area contributed by atoms with Gasteiger partial charge < -0.3 is 0 Å². The summed E-state index contributed by atoms with van der Waals surface area (Å²) in [4.78, 5) is 0. The summed E-state index contributed by atoms with van der Waals surface area (Å²) in [6.07, 6.45) is 2.99. The molecule has 0 fully saturated rings. The quantitative estimate of drug-likeness (QED) is 0.663. The molecule has 1 heterocycles. The number of aromatic nitrogens is 2. The topological polar surface area (TPSA) is 28.7 Å². The van der Waals surface area contributed by atoms with Crippen molar-refractivity contribution in [3.8, 4) is 0 Å². The van der Waals surface area contributed by atoms with Crippen molar-refractivity contribution in [1.29, 1.82) is 0 Å². The number of hydrogen-bond donors (Lipinski definition) is 1. The summed E-state index contributed by atoms with van der Waals surface area (Å²) < 4.78 is 0. The van der Waals surface area contributed by atoms with E-state index in [1.165, 1.54) is 21.7 Å². The number of aromatic amines is 1. The zero-order valence-electron chi connectivity index (χ0n) is 8.23. The minimum absolute atomic E-state index is 1.08. The molecule has 1 N–H and O–H groups in total. The Morgan fingerprint density at radius 2 is 2.08 bits per heavy atom. The molecule has 1 rings (SSSR count). The van der Waals surface area contributed by atoms with E-state index in [2.05, 4.69) is 37.9 Å². The molecule has 1 aromatic rings. The van der Waals surface area contributed by atoms with E-state index >= 15 is 0 Å². The summed E-state index contributed by atoms with van der Waals surface area (Å²) >= 11 is 0. The van der Waals surface area contributed by atoms with Gasteiger partial charge in [0.15, 0.2) is 0 Å². The molecule has 0 saturated heterocycles. The molecule has 1 aromatic heterocycles. The lowest BCUT2D eigenvalue weighted by molar-refractivity contribution is 1.05. The minimum Gasteiger partial charge on any atom is -0.278 e. The first-order valence-electron chi connectivity index (χ1n) is 4.33.